The Morgan fingerprint density at radius 3 is 3.00 bits per heavy atom. The third kappa shape index (κ3) is 4.62. The van der Waals surface area contributed by atoms with Crippen LogP contribution in [0.4, 0.5) is 0 Å². The number of likely N-dealkylation sites (N-methyl/N-ethyl adjacent to an activating group) is 1. The van der Waals surface area contributed by atoms with E-state index in [0.29, 0.717) is 6.04 Å². The van der Waals surface area contributed by atoms with Crippen molar-refractivity contribution in [3.05, 3.63) is 29.8 Å². The van der Waals surface area contributed by atoms with Crippen molar-refractivity contribution in [2.45, 2.75) is 24.6 Å². The fourth-order valence-corrected chi connectivity index (χ4v) is 5.28. The highest BCUT2D eigenvalue weighted by Gasteiger charge is 2.24. The van der Waals surface area contributed by atoms with Gasteiger partial charge in [0, 0.05) is 28.6 Å². The maximum absolute atomic E-state index is 5.31. The van der Waals surface area contributed by atoms with E-state index in [0.717, 1.165) is 24.0 Å². The summed E-state index contributed by atoms with van der Waals surface area (Å²) in [7, 11) is 1.73. The molecule has 0 spiro atoms. The van der Waals surface area contributed by atoms with E-state index in [9.17, 15) is 0 Å². The molecule has 4 heteroatoms. The Balaban J connectivity index is 2.01. The molecule has 1 aromatic carbocycles. The zero-order chi connectivity index (χ0) is 13.5. The molecule has 0 aromatic heterocycles. The molecule has 0 radical (unpaired) electrons. The molecule has 0 amide bonds. The van der Waals surface area contributed by atoms with Gasteiger partial charge in [-0.15, -0.1) is 0 Å². The first kappa shape index (κ1) is 15.1. The molecule has 0 aliphatic carbocycles. The smallest absolute Gasteiger partial charge is 0.119 e. The van der Waals surface area contributed by atoms with Crippen LogP contribution in [0.3, 0.4) is 0 Å². The van der Waals surface area contributed by atoms with E-state index < -0.39 is 0 Å². The Bertz CT molecular complexity index is 380. The van der Waals surface area contributed by atoms with Gasteiger partial charge in [-0.3, -0.25) is 0 Å². The Hall–Kier alpha value is -0.320. The van der Waals surface area contributed by atoms with Crippen molar-refractivity contribution in [1.82, 2.24) is 5.32 Å². The lowest BCUT2D eigenvalue weighted by molar-refractivity contribution is 0.413. The fraction of sp³-hybridized carbons (Fsp3) is 0.600. The zero-order valence-electron chi connectivity index (χ0n) is 11.7. The second-order valence-electron chi connectivity index (χ2n) is 4.70. The molecule has 0 saturated carbocycles. The van der Waals surface area contributed by atoms with Crippen molar-refractivity contribution >= 4 is 23.5 Å². The highest BCUT2D eigenvalue weighted by molar-refractivity contribution is 8.06. The van der Waals surface area contributed by atoms with E-state index in [1.54, 1.807) is 7.11 Å². The van der Waals surface area contributed by atoms with Crippen LogP contribution >= 0.6 is 23.5 Å². The van der Waals surface area contributed by atoms with Gasteiger partial charge in [0.1, 0.15) is 5.75 Å². The van der Waals surface area contributed by atoms with Crippen LogP contribution in [0, 0.1) is 0 Å². The van der Waals surface area contributed by atoms with Crippen LogP contribution in [-0.4, -0.2) is 42.2 Å². The summed E-state index contributed by atoms with van der Waals surface area (Å²) in [6, 6.07) is 9.02. The van der Waals surface area contributed by atoms with Gasteiger partial charge in [-0.05, 0) is 30.7 Å². The van der Waals surface area contributed by atoms with Gasteiger partial charge in [-0.2, -0.15) is 23.5 Å². The number of nitrogens with one attached hydrogen (secondary N) is 1. The van der Waals surface area contributed by atoms with E-state index in [-0.39, 0.29) is 0 Å². The summed E-state index contributed by atoms with van der Waals surface area (Å²) in [5.41, 5.74) is 1.36. The van der Waals surface area contributed by atoms with Crippen LogP contribution in [-0.2, 0) is 6.42 Å². The van der Waals surface area contributed by atoms with Crippen LogP contribution in [0.5, 0.6) is 5.75 Å². The minimum atomic E-state index is 0.565. The Kier molecular flexibility index (Phi) is 6.41. The lowest BCUT2D eigenvalue weighted by atomic mass is 10.0. The summed E-state index contributed by atoms with van der Waals surface area (Å²) >= 11 is 4.22. The average Bonchev–Trinajstić information content (AvgIpc) is 2.48. The topological polar surface area (TPSA) is 21.3 Å². The van der Waals surface area contributed by atoms with E-state index >= 15 is 0 Å². The molecular formula is C15H23NOS2. The first-order valence-electron chi connectivity index (χ1n) is 6.89. The largest absolute Gasteiger partial charge is 0.497 e. The zero-order valence-corrected chi connectivity index (χ0v) is 13.4. The summed E-state index contributed by atoms with van der Waals surface area (Å²) in [4.78, 5) is 0. The average molecular weight is 297 g/mol. The number of rotatable bonds is 6. The van der Waals surface area contributed by atoms with Crippen molar-refractivity contribution < 1.29 is 4.74 Å². The van der Waals surface area contributed by atoms with Crippen molar-refractivity contribution in [3.63, 3.8) is 0 Å². The van der Waals surface area contributed by atoms with Gasteiger partial charge < -0.3 is 10.1 Å². The molecule has 2 atom stereocenters. The number of hydrogen-bond donors (Lipinski definition) is 1. The minimum absolute atomic E-state index is 0.565. The normalized spacial score (nSPS) is 21.1. The monoisotopic (exact) mass is 297 g/mol. The highest BCUT2D eigenvalue weighted by Crippen LogP contribution is 2.28. The molecule has 1 N–H and O–H groups in total. The van der Waals surface area contributed by atoms with Crippen LogP contribution in [0.2, 0.25) is 0 Å². The summed E-state index contributed by atoms with van der Waals surface area (Å²) in [5, 5.41) is 4.39. The number of ether oxygens (including phenoxy) is 1. The number of hydrogen-bond acceptors (Lipinski definition) is 4. The maximum atomic E-state index is 5.31. The van der Waals surface area contributed by atoms with Crippen molar-refractivity contribution in [2.75, 3.05) is 30.9 Å². The predicted octanol–water partition coefficient (Wildman–Crippen LogP) is 3.06. The molecule has 0 bridgehead atoms. The first-order chi connectivity index (χ1) is 9.33. The lowest BCUT2D eigenvalue weighted by Gasteiger charge is -2.30. The molecular weight excluding hydrogens is 274 g/mol. The quantitative estimate of drug-likeness (QED) is 0.871. The number of methoxy groups -OCH3 is 1. The van der Waals surface area contributed by atoms with Crippen LogP contribution in [0.25, 0.3) is 0 Å². The van der Waals surface area contributed by atoms with E-state index in [4.69, 9.17) is 4.74 Å². The molecule has 1 aliphatic rings. The van der Waals surface area contributed by atoms with Gasteiger partial charge in [0.05, 0.1) is 7.11 Å². The summed E-state index contributed by atoms with van der Waals surface area (Å²) < 4.78 is 5.31. The summed E-state index contributed by atoms with van der Waals surface area (Å²) in [5.74, 6) is 4.82. The maximum Gasteiger partial charge on any atom is 0.119 e. The second-order valence-corrected chi connectivity index (χ2v) is 7.20. The van der Waals surface area contributed by atoms with Gasteiger partial charge in [0.2, 0.25) is 0 Å². The van der Waals surface area contributed by atoms with Crippen LogP contribution < -0.4 is 10.1 Å². The van der Waals surface area contributed by atoms with Crippen molar-refractivity contribution in [1.29, 1.82) is 0 Å². The summed E-state index contributed by atoms with van der Waals surface area (Å²) in [6.07, 6.45) is 1.09. The number of thioether (sulfide) groups is 2. The van der Waals surface area contributed by atoms with Gasteiger partial charge in [-0.1, -0.05) is 19.1 Å². The number of benzene rings is 1. The predicted molar refractivity (Wildman–Crippen MR) is 87.7 cm³/mol. The van der Waals surface area contributed by atoms with E-state index in [1.807, 2.05) is 6.07 Å². The van der Waals surface area contributed by atoms with Gasteiger partial charge in [-0.25, -0.2) is 0 Å². The highest BCUT2D eigenvalue weighted by atomic mass is 32.2. The Morgan fingerprint density at radius 1 is 1.42 bits per heavy atom. The molecule has 1 aliphatic heterocycles. The molecule has 1 aromatic rings. The molecule has 1 saturated heterocycles. The van der Waals surface area contributed by atoms with Gasteiger partial charge >= 0.3 is 0 Å². The minimum Gasteiger partial charge on any atom is -0.497 e. The third-order valence-electron chi connectivity index (χ3n) is 3.35. The standard InChI is InChI=1S/C15H23NOS2/c1-3-16-14(15-11-18-7-8-19-15)10-12-5-4-6-13(9-12)17-2/h4-6,9,14-16H,3,7-8,10-11H2,1-2H3. The molecule has 2 rings (SSSR count). The molecule has 1 fully saturated rings. The fourth-order valence-electron chi connectivity index (χ4n) is 2.39. The lowest BCUT2D eigenvalue weighted by Crippen LogP contribution is -2.42. The van der Waals surface area contributed by atoms with Crippen LogP contribution in [0.1, 0.15) is 12.5 Å². The van der Waals surface area contributed by atoms with Crippen molar-refractivity contribution in [2.24, 2.45) is 0 Å². The first-order valence-corrected chi connectivity index (χ1v) is 9.09. The Morgan fingerprint density at radius 2 is 2.32 bits per heavy atom. The van der Waals surface area contributed by atoms with Gasteiger partial charge in [0.25, 0.3) is 0 Å². The Labute approximate surface area is 125 Å². The SMILES string of the molecule is CCNC(Cc1cccc(OC)c1)C1CSCCS1. The third-order valence-corrected chi connectivity index (χ3v) is 6.27. The van der Waals surface area contributed by atoms with E-state index in [2.05, 4.69) is 54.0 Å². The molecule has 106 valence electrons. The van der Waals surface area contributed by atoms with Crippen molar-refractivity contribution in [3.8, 4) is 5.75 Å². The second kappa shape index (κ2) is 8.08. The molecule has 2 unspecified atom stereocenters. The van der Waals surface area contributed by atoms with Crippen LogP contribution in [0.15, 0.2) is 24.3 Å². The van der Waals surface area contributed by atoms with Gasteiger partial charge in [0.15, 0.2) is 0 Å². The van der Waals surface area contributed by atoms with E-state index in [1.165, 1.54) is 22.8 Å². The molecule has 2 nitrogen and oxygen atoms in total. The summed E-state index contributed by atoms with van der Waals surface area (Å²) in [6.45, 7) is 3.23. The molecule has 1 heterocycles. The molecule has 19 heavy (non-hydrogen) atoms.